The summed E-state index contributed by atoms with van der Waals surface area (Å²) in [7, 11) is 1.44. The number of oxazole rings is 1. The second kappa shape index (κ2) is 5.76. The van der Waals surface area contributed by atoms with Crippen LogP contribution < -0.4 is 0 Å². The Kier molecular flexibility index (Phi) is 3.84. The number of thiophene rings is 1. The molecule has 0 aliphatic carbocycles. The van der Waals surface area contributed by atoms with E-state index in [-0.39, 0.29) is 11.9 Å². The lowest BCUT2D eigenvalue weighted by atomic mass is 10.1. The van der Waals surface area contributed by atoms with Crippen LogP contribution in [0.2, 0.25) is 0 Å². The Bertz CT molecular complexity index is 579. The number of carbonyl (C=O) groups is 1. The quantitative estimate of drug-likeness (QED) is 0.810. The van der Waals surface area contributed by atoms with Gasteiger partial charge in [0.15, 0.2) is 0 Å². The molecule has 1 saturated heterocycles. The Morgan fingerprint density at radius 1 is 1.65 bits per heavy atom. The Labute approximate surface area is 121 Å². The van der Waals surface area contributed by atoms with Gasteiger partial charge < -0.3 is 9.15 Å². The molecular weight excluding hydrogens is 276 g/mol. The minimum absolute atomic E-state index is 0.0105. The van der Waals surface area contributed by atoms with Crippen molar-refractivity contribution in [2.24, 2.45) is 5.92 Å². The first-order chi connectivity index (χ1) is 9.76. The lowest BCUT2D eigenvalue weighted by Gasteiger charge is -2.13. The molecule has 2 aromatic heterocycles. The maximum Gasteiger partial charge on any atom is 0.310 e. The summed E-state index contributed by atoms with van der Waals surface area (Å²) in [6.07, 6.45) is 2.54. The average Bonchev–Trinajstić information content (AvgIpc) is 3.19. The number of carbonyl (C=O) groups excluding carboxylic acids is 1. The van der Waals surface area contributed by atoms with Crippen LogP contribution in [0.1, 0.15) is 12.1 Å². The largest absolute Gasteiger partial charge is 0.469 e. The van der Waals surface area contributed by atoms with E-state index in [1.807, 2.05) is 17.5 Å². The molecule has 20 heavy (non-hydrogen) atoms. The molecule has 3 rings (SSSR count). The molecule has 1 unspecified atom stereocenters. The van der Waals surface area contributed by atoms with Gasteiger partial charge in [-0.05, 0) is 24.4 Å². The summed E-state index contributed by atoms with van der Waals surface area (Å²) in [5.41, 5.74) is 0.902. The van der Waals surface area contributed by atoms with Crippen LogP contribution in [0.15, 0.2) is 28.2 Å². The van der Waals surface area contributed by atoms with Crippen LogP contribution in [0.4, 0.5) is 0 Å². The van der Waals surface area contributed by atoms with E-state index < -0.39 is 0 Å². The fraction of sp³-hybridized carbons (Fsp3) is 0.429. The molecule has 6 heteroatoms. The number of methoxy groups -OCH3 is 1. The number of aromatic nitrogens is 1. The summed E-state index contributed by atoms with van der Waals surface area (Å²) in [4.78, 5) is 19.2. The van der Waals surface area contributed by atoms with Gasteiger partial charge in [0, 0.05) is 13.1 Å². The van der Waals surface area contributed by atoms with E-state index in [2.05, 4.69) is 9.88 Å². The number of hydrogen-bond acceptors (Lipinski definition) is 6. The molecule has 1 aliphatic rings. The van der Waals surface area contributed by atoms with E-state index in [1.54, 1.807) is 17.6 Å². The second-order valence-corrected chi connectivity index (χ2v) is 5.81. The van der Waals surface area contributed by atoms with Crippen LogP contribution in [-0.4, -0.2) is 36.1 Å². The third kappa shape index (κ3) is 2.76. The molecule has 2 aromatic rings. The van der Waals surface area contributed by atoms with Gasteiger partial charge in [-0.1, -0.05) is 6.07 Å². The summed E-state index contributed by atoms with van der Waals surface area (Å²) in [6, 6.07) is 3.97. The lowest BCUT2D eigenvalue weighted by Crippen LogP contribution is -2.23. The molecular formula is C14H16N2O3S. The molecule has 106 valence electrons. The maximum atomic E-state index is 11.5. The molecule has 1 atom stereocenters. The first-order valence-corrected chi connectivity index (χ1v) is 7.42. The summed E-state index contributed by atoms with van der Waals surface area (Å²) in [6.45, 7) is 2.33. The maximum absolute atomic E-state index is 11.5. The van der Waals surface area contributed by atoms with Gasteiger partial charge in [0.25, 0.3) is 0 Å². The second-order valence-electron chi connectivity index (χ2n) is 4.87. The number of likely N-dealkylation sites (tertiary alicyclic amines) is 1. The minimum Gasteiger partial charge on any atom is -0.469 e. The zero-order valence-electron chi connectivity index (χ0n) is 11.2. The Hall–Kier alpha value is -1.66. The van der Waals surface area contributed by atoms with E-state index in [0.29, 0.717) is 12.4 Å². The summed E-state index contributed by atoms with van der Waals surface area (Å²) in [5, 5.41) is 2.00. The van der Waals surface area contributed by atoms with Gasteiger partial charge in [-0.15, -0.1) is 11.3 Å². The average molecular weight is 292 g/mol. The molecule has 1 fully saturated rings. The summed E-state index contributed by atoms with van der Waals surface area (Å²) in [5.74, 6) is 0.536. The summed E-state index contributed by atoms with van der Waals surface area (Å²) < 4.78 is 10.3. The number of hydrogen-bond donors (Lipinski definition) is 0. The SMILES string of the molecule is COC(=O)C1CCN(Cc2coc(-c3cccs3)n2)C1. The third-order valence-electron chi connectivity index (χ3n) is 3.48. The molecule has 0 radical (unpaired) electrons. The highest BCUT2D eigenvalue weighted by Gasteiger charge is 2.29. The predicted molar refractivity (Wildman–Crippen MR) is 75.2 cm³/mol. The Balaban J connectivity index is 1.61. The molecule has 0 amide bonds. The van der Waals surface area contributed by atoms with E-state index in [9.17, 15) is 4.79 Å². The molecule has 1 aliphatic heterocycles. The van der Waals surface area contributed by atoms with Crippen molar-refractivity contribution in [2.75, 3.05) is 20.2 Å². The van der Waals surface area contributed by atoms with Gasteiger partial charge in [0.05, 0.1) is 23.6 Å². The van der Waals surface area contributed by atoms with Crippen molar-refractivity contribution < 1.29 is 13.9 Å². The number of rotatable bonds is 4. The van der Waals surface area contributed by atoms with Gasteiger partial charge in [0.1, 0.15) is 6.26 Å². The van der Waals surface area contributed by atoms with E-state index in [0.717, 1.165) is 30.1 Å². The number of nitrogens with zero attached hydrogens (tertiary/aromatic N) is 2. The monoisotopic (exact) mass is 292 g/mol. The fourth-order valence-electron chi connectivity index (χ4n) is 2.46. The zero-order chi connectivity index (χ0) is 13.9. The number of ether oxygens (including phenoxy) is 1. The van der Waals surface area contributed by atoms with Crippen molar-refractivity contribution in [3.8, 4) is 10.8 Å². The molecule has 5 nitrogen and oxygen atoms in total. The zero-order valence-corrected chi connectivity index (χ0v) is 12.1. The number of esters is 1. The van der Waals surface area contributed by atoms with Crippen molar-refractivity contribution in [1.29, 1.82) is 0 Å². The van der Waals surface area contributed by atoms with E-state index >= 15 is 0 Å². The predicted octanol–water partition coefficient (Wildman–Crippen LogP) is 2.40. The first-order valence-electron chi connectivity index (χ1n) is 6.54. The lowest BCUT2D eigenvalue weighted by molar-refractivity contribution is -0.144. The molecule has 0 N–H and O–H groups in total. The van der Waals surface area contributed by atoms with Crippen LogP contribution in [0, 0.1) is 5.92 Å². The van der Waals surface area contributed by atoms with Crippen LogP contribution >= 0.6 is 11.3 Å². The molecule has 0 saturated carbocycles. The molecule has 0 bridgehead atoms. The molecule has 3 heterocycles. The van der Waals surface area contributed by atoms with Crippen LogP contribution in [0.3, 0.4) is 0 Å². The van der Waals surface area contributed by atoms with Crippen molar-refractivity contribution >= 4 is 17.3 Å². The minimum atomic E-state index is -0.119. The highest BCUT2D eigenvalue weighted by atomic mass is 32.1. The topological polar surface area (TPSA) is 55.6 Å². The molecule has 0 spiro atoms. The van der Waals surface area contributed by atoms with Crippen LogP contribution in [0.25, 0.3) is 10.8 Å². The van der Waals surface area contributed by atoms with Crippen LogP contribution in [-0.2, 0) is 16.1 Å². The Morgan fingerprint density at radius 3 is 3.30 bits per heavy atom. The van der Waals surface area contributed by atoms with Crippen molar-refractivity contribution in [2.45, 2.75) is 13.0 Å². The van der Waals surface area contributed by atoms with Crippen molar-refractivity contribution in [1.82, 2.24) is 9.88 Å². The van der Waals surface area contributed by atoms with E-state index in [4.69, 9.17) is 9.15 Å². The Morgan fingerprint density at radius 2 is 2.55 bits per heavy atom. The van der Waals surface area contributed by atoms with Crippen molar-refractivity contribution in [3.05, 3.63) is 29.5 Å². The molecule has 0 aromatic carbocycles. The highest BCUT2D eigenvalue weighted by Crippen LogP contribution is 2.25. The fourth-order valence-corrected chi connectivity index (χ4v) is 3.11. The normalized spacial score (nSPS) is 19.4. The van der Waals surface area contributed by atoms with Gasteiger partial charge in [-0.3, -0.25) is 9.69 Å². The first kappa shape index (κ1) is 13.3. The van der Waals surface area contributed by atoms with Gasteiger partial charge in [-0.25, -0.2) is 4.98 Å². The van der Waals surface area contributed by atoms with E-state index in [1.165, 1.54) is 7.11 Å². The third-order valence-corrected chi connectivity index (χ3v) is 4.33. The van der Waals surface area contributed by atoms with Crippen LogP contribution in [0.5, 0.6) is 0 Å². The standard InChI is InChI=1S/C14H16N2O3S/c1-18-14(17)10-4-5-16(7-10)8-11-9-19-13(15-11)12-3-2-6-20-12/h2-3,6,9-10H,4-5,7-8H2,1H3. The van der Waals surface area contributed by atoms with Crippen molar-refractivity contribution in [3.63, 3.8) is 0 Å². The van der Waals surface area contributed by atoms with Gasteiger partial charge in [0.2, 0.25) is 5.89 Å². The smallest absolute Gasteiger partial charge is 0.310 e. The van der Waals surface area contributed by atoms with Gasteiger partial charge in [-0.2, -0.15) is 0 Å². The summed E-state index contributed by atoms with van der Waals surface area (Å²) >= 11 is 1.61. The van der Waals surface area contributed by atoms with Gasteiger partial charge >= 0.3 is 5.97 Å². The highest BCUT2D eigenvalue weighted by molar-refractivity contribution is 7.13.